The highest BCUT2D eigenvalue weighted by molar-refractivity contribution is 5.94. The number of carboxylic acid groups (broad SMARTS) is 1. The van der Waals surface area contributed by atoms with Gasteiger partial charge in [-0.2, -0.15) is 13.2 Å². The molecule has 1 aliphatic rings. The lowest BCUT2D eigenvalue weighted by Crippen LogP contribution is -2.46. The molecular formula is C27H28F4N4O3. The van der Waals surface area contributed by atoms with Crippen molar-refractivity contribution in [3.8, 4) is 17.6 Å². The van der Waals surface area contributed by atoms with E-state index in [0.717, 1.165) is 11.1 Å². The van der Waals surface area contributed by atoms with Crippen LogP contribution in [0.5, 0.6) is 5.75 Å². The molecule has 202 valence electrons. The molecule has 38 heavy (non-hydrogen) atoms. The Morgan fingerprint density at radius 1 is 1.21 bits per heavy atom. The van der Waals surface area contributed by atoms with Gasteiger partial charge in [0.15, 0.2) is 0 Å². The van der Waals surface area contributed by atoms with Gasteiger partial charge in [-0.15, -0.1) is 0 Å². The zero-order valence-corrected chi connectivity index (χ0v) is 20.9. The summed E-state index contributed by atoms with van der Waals surface area (Å²) in [4.78, 5) is 13.1. The number of likely N-dealkylation sites (tertiary alicyclic amines) is 1. The average Bonchev–Trinajstić information content (AvgIpc) is 3.20. The van der Waals surface area contributed by atoms with Crippen molar-refractivity contribution in [1.82, 2.24) is 9.47 Å². The van der Waals surface area contributed by atoms with Gasteiger partial charge in [0.1, 0.15) is 18.5 Å². The highest BCUT2D eigenvalue weighted by Gasteiger charge is 2.31. The van der Waals surface area contributed by atoms with Gasteiger partial charge >= 0.3 is 12.1 Å². The van der Waals surface area contributed by atoms with Gasteiger partial charge in [0.05, 0.1) is 42.2 Å². The van der Waals surface area contributed by atoms with Crippen LogP contribution >= 0.6 is 0 Å². The number of nitrogens with zero attached hydrogens (tertiary/aromatic N) is 2. The van der Waals surface area contributed by atoms with Crippen molar-refractivity contribution in [3.05, 3.63) is 53.7 Å². The maximum Gasteiger partial charge on any atom is 0.406 e. The van der Waals surface area contributed by atoms with Gasteiger partial charge in [-0.3, -0.25) is 0 Å². The van der Waals surface area contributed by atoms with E-state index in [9.17, 15) is 22.4 Å². The number of aromatic nitrogens is 1. The lowest BCUT2D eigenvalue weighted by Gasteiger charge is -2.33. The summed E-state index contributed by atoms with van der Waals surface area (Å²) in [6.07, 6.45) is -5.00. The Labute approximate surface area is 217 Å². The second kappa shape index (κ2) is 11.2. The van der Waals surface area contributed by atoms with E-state index < -0.39 is 30.9 Å². The minimum absolute atomic E-state index is 0.0545. The van der Waals surface area contributed by atoms with E-state index >= 15 is 0 Å². The quantitative estimate of drug-likeness (QED) is 0.299. The number of anilines is 2. The fourth-order valence-electron chi connectivity index (χ4n) is 4.53. The van der Waals surface area contributed by atoms with Crippen molar-refractivity contribution >= 4 is 28.2 Å². The van der Waals surface area contributed by atoms with Gasteiger partial charge in [-0.05, 0) is 55.8 Å². The minimum Gasteiger partial charge on any atom is -0.495 e. The van der Waals surface area contributed by atoms with Gasteiger partial charge in [0.25, 0.3) is 0 Å². The number of nitrogens with one attached hydrogen (secondary N) is 2. The summed E-state index contributed by atoms with van der Waals surface area (Å²) < 4.78 is 61.3. The molecule has 0 spiro atoms. The van der Waals surface area contributed by atoms with Gasteiger partial charge in [-0.1, -0.05) is 12.0 Å². The first-order chi connectivity index (χ1) is 18.1. The number of piperidine rings is 1. The molecule has 2 atom stereocenters. The Balaban J connectivity index is 1.60. The molecule has 1 saturated heterocycles. The smallest absolute Gasteiger partial charge is 0.406 e. The molecule has 3 N–H and O–H groups in total. The molecule has 0 bridgehead atoms. The maximum absolute atomic E-state index is 14.6. The monoisotopic (exact) mass is 532 g/mol. The van der Waals surface area contributed by atoms with E-state index in [0.29, 0.717) is 34.4 Å². The number of ether oxygens (including phenoxy) is 1. The molecular weight excluding hydrogens is 504 g/mol. The molecule has 11 heteroatoms. The predicted octanol–water partition coefficient (Wildman–Crippen LogP) is 4.83. The molecule has 1 aromatic heterocycles. The minimum atomic E-state index is -4.47. The summed E-state index contributed by atoms with van der Waals surface area (Å²) in [6.45, 7) is -0.144. The number of methoxy groups -OCH3 is 1. The first kappa shape index (κ1) is 27.1. The van der Waals surface area contributed by atoms with Crippen LogP contribution in [0.3, 0.4) is 0 Å². The molecule has 0 saturated carbocycles. The molecule has 2 heterocycles. The lowest BCUT2D eigenvalue weighted by atomic mass is 10.0. The van der Waals surface area contributed by atoms with E-state index in [1.165, 1.54) is 25.3 Å². The largest absolute Gasteiger partial charge is 0.495 e. The average molecular weight is 533 g/mol. The Kier molecular flexibility index (Phi) is 8.02. The molecule has 7 nitrogen and oxygen atoms in total. The molecule has 0 radical (unpaired) electrons. The van der Waals surface area contributed by atoms with E-state index in [1.54, 1.807) is 24.3 Å². The fraction of sp³-hybridized carbons (Fsp3) is 0.370. The van der Waals surface area contributed by atoms with Crippen LogP contribution in [0.25, 0.3) is 10.9 Å². The van der Waals surface area contributed by atoms with Crippen molar-refractivity contribution in [3.63, 3.8) is 0 Å². The summed E-state index contributed by atoms with van der Waals surface area (Å²) in [5, 5.41) is 15.9. The Morgan fingerprint density at radius 2 is 2.00 bits per heavy atom. The summed E-state index contributed by atoms with van der Waals surface area (Å²) >= 11 is 0. The molecule has 1 aliphatic heterocycles. The van der Waals surface area contributed by atoms with Gasteiger partial charge in [0.2, 0.25) is 0 Å². The van der Waals surface area contributed by atoms with Crippen LogP contribution in [0.1, 0.15) is 22.5 Å². The topological polar surface area (TPSA) is 78.8 Å². The molecule has 1 fully saturated rings. The number of hydrogen-bond acceptors (Lipinski definition) is 5. The van der Waals surface area contributed by atoms with E-state index in [1.807, 2.05) is 11.9 Å². The molecule has 4 rings (SSSR count). The number of rotatable bonds is 7. The normalized spacial score (nSPS) is 18.1. The van der Waals surface area contributed by atoms with Crippen LogP contribution in [-0.4, -0.2) is 72.7 Å². The lowest BCUT2D eigenvalue weighted by molar-refractivity contribution is -0.140. The number of halogens is 4. The molecule has 0 amide bonds. The molecule has 0 aliphatic carbocycles. The van der Waals surface area contributed by atoms with Crippen molar-refractivity contribution in [2.75, 3.05) is 44.4 Å². The Morgan fingerprint density at radius 3 is 2.68 bits per heavy atom. The van der Waals surface area contributed by atoms with E-state index in [-0.39, 0.29) is 24.3 Å². The number of hydrogen-bond donors (Lipinski definition) is 3. The third kappa shape index (κ3) is 6.31. The number of benzene rings is 2. The number of carbonyl (C=O) groups is 1. The number of fused-ring (bicyclic) bond motifs is 1. The third-order valence-corrected chi connectivity index (χ3v) is 6.40. The van der Waals surface area contributed by atoms with Gasteiger partial charge in [0, 0.05) is 24.2 Å². The molecule has 3 aromatic rings. The first-order valence-electron chi connectivity index (χ1n) is 12.0. The van der Waals surface area contributed by atoms with E-state index in [2.05, 4.69) is 22.5 Å². The van der Waals surface area contributed by atoms with Crippen LogP contribution in [0, 0.1) is 11.8 Å². The Hall–Kier alpha value is -3.91. The van der Waals surface area contributed by atoms with Crippen molar-refractivity contribution in [2.45, 2.75) is 31.4 Å². The highest BCUT2D eigenvalue weighted by atomic mass is 19.4. The maximum atomic E-state index is 14.6. The summed E-state index contributed by atoms with van der Waals surface area (Å²) in [5.74, 6) is 4.85. The highest BCUT2D eigenvalue weighted by Crippen LogP contribution is 2.32. The van der Waals surface area contributed by atoms with Gasteiger partial charge < -0.3 is 29.9 Å². The summed E-state index contributed by atoms with van der Waals surface area (Å²) in [5.41, 5.74) is 1.62. The number of aromatic carboxylic acids is 1. The molecule has 2 aromatic carbocycles. The molecule has 0 unspecified atom stereocenters. The number of alkyl halides is 4. The van der Waals surface area contributed by atoms with Gasteiger partial charge in [-0.25, -0.2) is 9.18 Å². The zero-order valence-electron chi connectivity index (χ0n) is 20.9. The fourth-order valence-corrected chi connectivity index (χ4v) is 4.53. The number of carboxylic acids is 1. The summed E-state index contributed by atoms with van der Waals surface area (Å²) in [6, 6.07) is 10.4. The zero-order chi connectivity index (χ0) is 27.4. The SMILES string of the molecule is COc1cc(C(=O)O)ccc1NCC#Cc1cc2c(N[C@H]3CCN(C)C[C@H]3F)cccc2n1CC(F)(F)F. The standard InChI is InChI=1S/C27H28F4N4O3/c1-34-12-10-22(20(28)15-34)33-21-6-3-7-24-19(21)14-18(35(24)16-27(29,30)31)5-4-11-32-23-9-8-17(26(36)37)13-25(23)38-2/h3,6-9,13-14,20,22,32-33H,10-12,15-16H2,1-2H3,(H,36,37)/t20-,22+/m1/s1. The van der Waals surface area contributed by atoms with Crippen LogP contribution in [0.4, 0.5) is 28.9 Å². The second-order valence-electron chi connectivity index (χ2n) is 9.16. The summed E-state index contributed by atoms with van der Waals surface area (Å²) in [7, 11) is 3.25. The van der Waals surface area contributed by atoms with Crippen molar-refractivity contribution in [1.29, 1.82) is 0 Å². The van der Waals surface area contributed by atoms with Crippen LogP contribution in [0.2, 0.25) is 0 Å². The van der Waals surface area contributed by atoms with E-state index in [4.69, 9.17) is 9.84 Å². The van der Waals surface area contributed by atoms with Crippen LogP contribution < -0.4 is 15.4 Å². The second-order valence-corrected chi connectivity index (χ2v) is 9.16. The Bertz CT molecular complexity index is 1380. The first-order valence-corrected chi connectivity index (χ1v) is 12.0. The van der Waals surface area contributed by atoms with Crippen LogP contribution in [-0.2, 0) is 6.54 Å². The van der Waals surface area contributed by atoms with Crippen molar-refractivity contribution in [2.24, 2.45) is 0 Å². The van der Waals surface area contributed by atoms with Crippen LogP contribution in [0.15, 0.2) is 42.5 Å². The van der Waals surface area contributed by atoms with Crippen molar-refractivity contribution < 1.29 is 32.2 Å². The predicted molar refractivity (Wildman–Crippen MR) is 138 cm³/mol. The third-order valence-electron chi connectivity index (χ3n) is 6.40.